The van der Waals surface area contributed by atoms with E-state index < -0.39 is 0 Å². The van der Waals surface area contributed by atoms with Crippen LogP contribution >= 0.6 is 11.6 Å². The van der Waals surface area contributed by atoms with Crippen molar-refractivity contribution in [2.75, 3.05) is 12.4 Å². The molecule has 0 bridgehead atoms. The number of halogens is 1. The molecule has 1 aliphatic rings. The first-order valence-electron chi connectivity index (χ1n) is 6.51. The summed E-state index contributed by atoms with van der Waals surface area (Å²) < 4.78 is 0. The SMILES string of the molecule is O=C(CCCl)NCC1(c2ccccn2)CCCC1. The van der Waals surface area contributed by atoms with Gasteiger partial charge in [-0.1, -0.05) is 18.9 Å². The zero-order valence-corrected chi connectivity index (χ0v) is 11.2. The number of hydrogen-bond donors (Lipinski definition) is 1. The highest BCUT2D eigenvalue weighted by Crippen LogP contribution is 2.39. The molecule has 0 unspecified atom stereocenters. The first-order valence-corrected chi connectivity index (χ1v) is 7.04. The van der Waals surface area contributed by atoms with E-state index in [1.54, 1.807) is 0 Å². The van der Waals surface area contributed by atoms with Crippen molar-refractivity contribution in [2.45, 2.75) is 37.5 Å². The lowest BCUT2D eigenvalue weighted by Gasteiger charge is -2.28. The summed E-state index contributed by atoms with van der Waals surface area (Å²) in [5.74, 6) is 0.412. The van der Waals surface area contributed by atoms with Crippen LogP contribution in [-0.4, -0.2) is 23.3 Å². The van der Waals surface area contributed by atoms with Crippen molar-refractivity contribution >= 4 is 17.5 Å². The molecule has 1 heterocycles. The maximum Gasteiger partial charge on any atom is 0.221 e. The van der Waals surface area contributed by atoms with Crippen LogP contribution in [0.5, 0.6) is 0 Å². The molecule has 1 saturated carbocycles. The Kier molecular flexibility index (Phi) is 4.59. The van der Waals surface area contributed by atoms with Gasteiger partial charge in [0.25, 0.3) is 0 Å². The number of aromatic nitrogens is 1. The van der Waals surface area contributed by atoms with Gasteiger partial charge in [0.05, 0.1) is 0 Å². The molecule has 0 atom stereocenters. The van der Waals surface area contributed by atoms with E-state index in [2.05, 4.69) is 16.4 Å². The quantitative estimate of drug-likeness (QED) is 0.833. The Balaban J connectivity index is 2.06. The van der Waals surface area contributed by atoms with E-state index in [1.165, 1.54) is 12.8 Å². The molecule has 4 heteroatoms. The average molecular weight is 267 g/mol. The molecule has 0 spiro atoms. The molecule has 98 valence electrons. The van der Waals surface area contributed by atoms with E-state index in [0.717, 1.165) is 18.5 Å². The number of carbonyl (C=O) groups excluding carboxylic acids is 1. The lowest BCUT2D eigenvalue weighted by Crippen LogP contribution is -2.39. The predicted molar refractivity (Wildman–Crippen MR) is 72.7 cm³/mol. The zero-order chi connectivity index (χ0) is 12.8. The minimum Gasteiger partial charge on any atom is -0.355 e. The van der Waals surface area contributed by atoms with Crippen LogP contribution in [-0.2, 0) is 10.2 Å². The van der Waals surface area contributed by atoms with Gasteiger partial charge >= 0.3 is 0 Å². The van der Waals surface area contributed by atoms with Crippen LogP contribution in [0, 0.1) is 0 Å². The molecule has 3 nitrogen and oxygen atoms in total. The minimum absolute atomic E-state index is 0.0310. The molecular formula is C14H19ClN2O. The second-order valence-electron chi connectivity index (χ2n) is 4.92. The predicted octanol–water partition coefficient (Wildman–Crippen LogP) is 2.64. The van der Waals surface area contributed by atoms with E-state index in [-0.39, 0.29) is 11.3 Å². The zero-order valence-electron chi connectivity index (χ0n) is 10.5. The first kappa shape index (κ1) is 13.3. The number of pyridine rings is 1. The summed E-state index contributed by atoms with van der Waals surface area (Å²) in [6, 6.07) is 6.01. The molecule has 1 aromatic heterocycles. The van der Waals surface area contributed by atoms with E-state index in [9.17, 15) is 4.79 Å². The fraction of sp³-hybridized carbons (Fsp3) is 0.571. The lowest BCUT2D eigenvalue weighted by molar-refractivity contribution is -0.120. The van der Waals surface area contributed by atoms with Gasteiger partial charge in [-0.25, -0.2) is 0 Å². The van der Waals surface area contributed by atoms with Crippen LogP contribution in [0.4, 0.5) is 0 Å². The fourth-order valence-corrected chi connectivity index (χ4v) is 2.87. The van der Waals surface area contributed by atoms with Gasteiger partial charge in [0.15, 0.2) is 0 Å². The molecule has 1 N–H and O–H groups in total. The van der Waals surface area contributed by atoms with Crippen LogP contribution in [0.15, 0.2) is 24.4 Å². The molecule has 1 amide bonds. The van der Waals surface area contributed by atoms with E-state index in [4.69, 9.17) is 11.6 Å². The van der Waals surface area contributed by atoms with Crippen molar-refractivity contribution in [2.24, 2.45) is 0 Å². The second-order valence-corrected chi connectivity index (χ2v) is 5.30. The Morgan fingerprint density at radius 1 is 1.39 bits per heavy atom. The maximum absolute atomic E-state index is 11.6. The van der Waals surface area contributed by atoms with Gasteiger partial charge in [-0.05, 0) is 25.0 Å². The molecular weight excluding hydrogens is 248 g/mol. The summed E-state index contributed by atoms with van der Waals surface area (Å²) in [5, 5.41) is 3.00. The highest BCUT2D eigenvalue weighted by Gasteiger charge is 2.36. The van der Waals surface area contributed by atoms with Crippen LogP contribution in [0.1, 0.15) is 37.8 Å². The van der Waals surface area contributed by atoms with Gasteiger partial charge < -0.3 is 5.32 Å². The average Bonchev–Trinajstić information content (AvgIpc) is 2.88. The molecule has 2 rings (SSSR count). The Hall–Kier alpha value is -1.09. The van der Waals surface area contributed by atoms with Crippen LogP contribution in [0.2, 0.25) is 0 Å². The van der Waals surface area contributed by atoms with E-state index >= 15 is 0 Å². The fourth-order valence-electron chi connectivity index (χ4n) is 2.69. The third-order valence-electron chi connectivity index (χ3n) is 3.71. The summed E-state index contributed by atoms with van der Waals surface area (Å²) in [6.45, 7) is 0.680. The summed E-state index contributed by atoms with van der Waals surface area (Å²) >= 11 is 5.57. The number of amides is 1. The van der Waals surface area contributed by atoms with Crippen molar-refractivity contribution in [3.8, 4) is 0 Å². The standard InChI is InChI=1S/C14H19ClN2O/c15-9-6-13(18)17-11-14(7-2-3-8-14)12-5-1-4-10-16-12/h1,4-5,10H,2-3,6-9,11H2,(H,17,18). The van der Waals surface area contributed by atoms with Crippen molar-refractivity contribution in [3.63, 3.8) is 0 Å². The molecule has 0 aromatic carbocycles. The highest BCUT2D eigenvalue weighted by atomic mass is 35.5. The van der Waals surface area contributed by atoms with Crippen molar-refractivity contribution in [3.05, 3.63) is 30.1 Å². The van der Waals surface area contributed by atoms with Gasteiger partial charge in [-0.15, -0.1) is 11.6 Å². The largest absolute Gasteiger partial charge is 0.355 e. The highest BCUT2D eigenvalue weighted by molar-refractivity contribution is 6.18. The smallest absolute Gasteiger partial charge is 0.221 e. The van der Waals surface area contributed by atoms with Crippen molar-refractivity contribution in [1.29, 1.82) is 0 Å². The third kappa shape index (κ3) is 3.02. The van der Waals surface area contributed by atoms with Gasteiger partial charge in [0.1, 0.15) is 0 Å². The molecule has 1 aliphatic carbocycles. The van der Waals surface area contributed by atoms with E-state index in [1.807, 2.05) is 18.3 Å². The monoisotopic (exact) mass is 266 g/mol. The first-order chi connectivity index (χ1) is 8.77. The Morgan fingerprint density at radius 2 is 2.17 bits per heavy atom. The minimum atomic E-state index is 0.0310. The third-order valence-corrected chi connectivity index (χ3v) is 3.90. The summed E-state index contributed by atoms with van der Waals surface area (Å²) in [7, 11) is 0. The van der Waals surface area contributed by atoms with Gasteiger partial charge in [-0.2, -0.15) is 0 Å². The van der Waals surface area contributed by atoms with Crippen molar-refractivity contribution < 1.29 is 4.79 Å². The topological polar surface area (TPSA) is 42.0 Å². The molecule has 0 radical (unpaired) electrons. The van der Waals surface area contributed by atoms with Gasteiger partial charge in [0, 0.05) is 36.2 Å². The molecule has 0 aliphatic heterocycles. The van der Waals surface area contributed by atoms with E-state index in [0.29, 0.717) is 18.8 Å². The van der Waals surface area contributed by atoms with Gasteiger partial charge in [-0.3, -0.25) is 9.78 Å². The number of carbonyl (C=O) groups is 1. The molecule has 18 heavy (non-hydrogen) atoms. The number of alkyl halides is 1. The van der Waals surface area contributed by atoms with Crippen LogP contribution < -0.4 is 5.32 Å². The molecule has 1 fully saturated rings. The second kappa shape index (κ2) is 6.19. The summed E-state index contributed by atoms with van der Waals surface area (Å²) in [4.78, 5) is 16.0. The Morgan fingerprint density at radius 3 is 2.78 bits per heavy atom. The van der Waals surface area contributed by atoms with Crippen LogP contribution in [0.25, 0.3) is 0 Å². The lowest BCUT2D eigenvalue weighted by atomic mass is 9.82. The summed E-state index contributed by atoms with van der Waals surface area (Å²) in [6.07, 6.45) is 6.84. The number of rotatable bonds is 5. The number of hydrogen-bond acceptors (Lipinski definition) is 2. The number of nitrogens with one attached hydrogen (secondary N) is 1. The Labute approximate surface area is 113 Å². The van der Waals surface area contributed by atoms with Crippen molar-refractivity contribution in [1.82, 2.24) is 10.3 Å². The van der Waals surface area contributed by atoms with Crippen LogP contribution in [0.3, 0.4) is 0 Å². The molecule has 0 saturated heterocycles. The summed E-state index contributed by atoms with van der Waals surface area (Å²) in [5.41, 5.74) is 1.14. The Bertz CT molecular complexity index is 388. The van der Waals surface area contributed by atoms with Gasteiger partial charge in [0.2, 0.25) is 5.91 Å². The molecule has 1 aromatic rings. The maximum atomic E-state index is 11.6. The normalized spacial score (nSPS) is 17.6. The number of nitrogens with zero attached hydrogens (tertiary/aromatic N) is 1.